The second kappa shape index (κ2) is 5.61. The maximum atomic E-state index is 12.2. The van der Waals surface area contributed by atoms with Crippen molar-refractivity contribution in [1.82, 2.24) is 0 Å². The highest BCUT2D eigenvalue weighted by molar-refractivity contribution is 5.94. The lowest BCUT2D eigenvalue weighted by molar-refractivity contribution is -0.120. The number of anilines is 1. The van der Waals surface area contributed by atoms with Crippen molar-refractivity contribution in [3.8, 4) is 5.75 Å². The molecule has 0 aromatic heterocycles. The average Bonchev–Trinajstić information content (AvgIpc) is 2.36. The zero-order chi connectivity index (χ0) is 14.0. The second-order valence-corrected chi connectivity index (χ2v) is 5.58. The van der Waals surface area contributed by atoms with E-state index in [9.17, 15) is 9.90 Å². The quantitative estimate of drug-likeness (QED) is 0.717. The highest BCUT2D eigenvalue weighted by Gasteiger charge is 2.25. The summed E-state index contributed by atoms with van der Waals surface area (Å²) in [7, 11) is 0. The molecule has 1 aliphatic rings. The van der Waals surface area contributed by atoms with Crippen LogP contribution >= 0.6 is 0 Å². The summed E-state index contributed by atoms with van der Waals surface area (Å²) in [5.74, 6) is 0.165. The van der Waals surface area contributed by atoms with E-state index in [4.69, 9.17) is 5.73 Å². The van der Waals surface area contributed by atoms with E-state index < -0.39 is 0 Å². The first-order valence-corrected chi connectivity index (χ1v) is 6.84. The van der Waals surface area contributed by atoms with Crippen LogP contribution in [0.3, 0.4) is 0 Å². The largest absolute Gasteiger partial charge is 0.505 e. The van der Waals surface area contributed by atoms with Crippen molar-refractivity contribution in [3.05, 3.63) is 23.3 Å². The summed E-state index contributed by atoms with van der Waals surface area (Å²) in [6.07, 6.45) is 3.46. The first kappa shape index (κ1) is 13.9. The van der Waals surface area contributed by atoms with Gasteiger partial charge in [-0.1, -0.05) is 6.07 Å². The minimum Gasteiger partial charge on any atom is -0.505 e. The summed E-state index contributed by atoms with van der Waals surface area (Å²) in [5.41, 5.74) is 8.16. The number of hydrogen-bond donors (Lipinski definition) is 3. The predicted molar refractivity (Wildman–Crippen MR) is 76.1 cm³/mol. The Balaban J connectivity index is 2.07. The number of aryl methyl sites for hydroxylation is 2. The lowest BCUT2D eigenvalue weighted by Crippen LogP contribution is -2.32. The molecule has 0 saturated heterocycles. The number of rotatable bonds is 2. The van der Waals surface area contributed by atoms with Gasteiger partial charge >= 0.3 is 0 Å². The minimum atomic E-state index is -0.00722. The number of hydrogen-bond acceptors (Lipinski definition) is 3. The lowest BCUT2D eigenvalue weighted by atomic mass is 9.86. The summed E-state index contributed by atoms with van der Waals surface area (Å²) in [6.45, 7) is 3.78. The summed E-state index contributed by atoms with van der Waals surface area (Å²) in [6, 6.07) is 3.93. The van der Waals surface area contributed by atoms with Crippen molar-refractivity contribution in [2.75, 3.05) is 5.32 Å². The fraction of sp³-hybridized carbons (Fsp3) is 0.533. The Kier molecular flexibility index (Phi) is 4.10. The van der Waals surface area contributed by atoms with E-state index in [0.717, 1.165) is 36.8 Å². The topological polar surface area (TPSA) is 75.3 Å². The highest BCUT2D eigenvalue weighted by atomic mass is 16.3. The molecule has 1 amide bonds. The Morgan fingerprint density at radius 1 is 1.26 bits per heavy atom. The van der Waals surface area contributed by atoms with Gasteiger partial charge in [-0.25, -0.2) is 0 Å². The zero-order valence-corrected chi connectivity index (χ0v) is 11.6. The van der Waals surface area contributed by atoms with E-state index in [1.807, 2.05) is 19.9 Å². The van der Waals surface area contributed by atoms with Crippen LogP contribution in [0.15, 0.2) is 12.1 Å². The molecule has 4 heteroatoms. The Morgan fingerprint density at radius 2 is 1.89 bits per heavy atom. The van der Waals surface area contributed by atoms with E-state index in [0.29, 0.717) is 5.69 Å². The Labute approximate surface area is 114 Å². The van der Waals surface area contributed by atoms with Crippen LogP contribution in [-0.2, 0) is 4.79 Å². The first-order valence-electron chi connectivity index (χ1n) is 6.84. The molecule has 2 rings (SSSR count). The van der Waals surface area contributed by atoms with Crippen LogP contribution in [0, 0.1) is 19.8 Å². The van der Waals surface area contributed by atoms with Gasteiger partial charge in [0.15, 0.2) is 0 Å². The summed E-state index contributed by atoms with van der Waals surface area (Å²) < 4.78 is 0. The van der Waals surface area contributed by atoms with Gasteiger partial charge in [-0.05, 0) is 56.7 Å². The molecule has 104 valence electrons. The van der Waals surface area contributed by atoms with Crippen LogP contribution in [0.5, 0.6) is 5.75 Å². The first-order chi connectivity index (χ1) is 8.97. The molecule has 0 radical (unpaired) electrons. The molecule has 19 heavy (non-hydrogen) atoms. The summed E-state index contributed by atoms with van der Waals surface area (Å²) in [4.78, 5) is 12.2. The van der Waals surface area contributed by atoms with Crippen molar-refractivity contribution in [3.63, 3.8) is 0 Å². The van der Waals surface area contributed by atoms with Gasteiger partial charge in [0.25, 0.3) is 0 Å². The Morgan fingerprint density at radius 3 is 2.53 bits per heavy atom. The van der Waals surface area contributed by atoms with Crippen LogP contribution in [-0.4, -0.2) is 17.1 Å². The summed E-state index contributed by atoms with van der Waals surface area (Å²) >= 11 is 0. The number of aromatic hydroxyl groups is 1. The molecule has 1 fully saturated rings. The van der Waals surface area contributed by atoms with E-state index in [1.165, 1.54) is 0 Å². The molecule has 1 aromatic carbocycles. The van der Waals surface area contributed by atoms with Crippen LogP contribution in [0.4, 0.5) is 5.69 Å². The molecule has 0 aliphatic heterocycles. The van der Waals surface area contributed by atoms with Gasteiger partial charge in [-0.15, -0.1) is 0 Å². The van der Waals surface area contributed by atoms with Crippen molar-refractivity contribution >= 4 is 11.6 Å². The number of nitrogens with two attached hydrogens (primary N) is 1. The normalized spacial score (nSPS) is 23.1. The molecule has 0 bridgehead atoms. The SMILES string of the molecule is Cc1cc(C)c(O)c(NC(=O)C2CCC(N)CC2)c1. The van der Waals surface area contributed by atoms with Crippen LogP contribution in [0.1, 0.15) is 36.8 Å². The number of carbonyl (C=O) groups is 1. The third-order valence-corrected chi connectivity index (χ3v) is 3.85. The monoisotopic (exact) mass is 262 g/mol. The maximum absolute atomic E-state index is 12.2. The fourth-order valence-electron chi connectivity index (χ4n) is 2.67. The molecule has 1 aromatic rings. The van der Waals surface area contributed by atoms with Crippen LogP contribution < -0.4 is 11.1 Å². The Hall–Kier alpha value is -1.55. The standard InChI is InChI=1S/C15H22N2O2/c1-9-7-10(2)14(18)13(8-9)17-15(19)11-3-5-12(16)6-4-11/h7-8,11-12,18H,3-6,16H2,1-2H3,(H,17,19). The number of carbonyl (C=O) groups excluding carboxylic acids is 1. The highest BCUT2D eigenvalue weighted by Crippen LogP contribution is 2.30. The molecule has 0 atom stereocenters. The molecule has 1 aliphatic carbocycles. The minimum absolute atomic E-state index is 0.00722. The molecule has 1 saturated carbocycles. The molecule has 0 unspecified atom stereocenters. The van der Waals surface area contributed by atoms with Gasteiger partial charge in [0.1, 0.15) is 5.75 Å². The number of phenolic OH excluding ortho intramolecular Hbond substituents is 1. The van der Waals surface area contributed by atoms with Gasteiger partial charge < -0.3 is 16.2 Å². The van der Waals surface area contributed by atoms with Gasteiger partial charge in [-0.3, -0.25) is 4.79 Å². The van der Waals surface area contributed by atoms with E-state index in [-0.39, 0.29) is 23.6 Å². The second-order valence-electron chi connectivity index (χ2n) is 5.58. The molecule has 4 N–H and O–H groups in total. The Bertz CT molecular complexity index is 477. The predicted octanol–water partition coefficient (Wildman–Crippen LogP) is 2.47. The van der Waals surface area contributed by atoms with Gasteiger partial charge in [0.05, 0.1) is 5.69 Å². The fourth-order valence-corrected chi connectivity index (χ4v) is 2.67. The van der Waals surface area contributed by atoms with Crippen LogP contribution in [0.2, 0.25) is 0 Å². The number of nitrogens with one attached hydrogen (secondary N) is 1. The van der Waals surface area contributed by atoms with Gasteiger partial charge in [0.2, 0.25) is 5.91 Å². The zero-order valence-electron chi connectivity index (χ0n) is 11.6. The molecule has 4 nitrogen and oxygen atoms in total. The molecule has 0 spiro atoms. The molecular weight excluding hydrogens is 240 g/mol. The lowest BCUT2D eigenvalue weighted by Gasteiger charge is -2.25. The smallest absolute Gasteiger partial charge is 0.227 e. The number of benzene rings is 1. The van der Waals surface area contributed by atoms with Crippen molar-refractivity contribution in [2.45, 2.75) is 45.6 Å². The van der Waals surface area contributed by atoms with E-state index in [1.54, 1.807) is 6.07 Å². The van der Waals surface area contributed by atoms with Crippen molar-refractivity contribution < 1.29 is 9.90 Å². The third kappa shape index (κ3) is 3.26. The molecule has 0 heterocycles. The summed E-state index contributed by atoms with van der Waals surface area (Å²) in [5, 5.41) is 12.8. The molecular formula is C15H22N2O2. The van der Waals surface area contributed by atoms with E-state index in [2.05, 4.69) is 5.32 Å². The van der Waals surface area contributed by atoms with Crippen LogP contribution in [0.25, 0.3) is 0 Å². The van der Waals surface area contributed by atoms with Crippen molar-refractivity contribution in [1.29, 1.82) is 0 Å². The third-order valence-electron chi connectivity index (χ3n) is 3.85. The number of phenols is 1. The van der Waals surface area contributed by atoms with E-state index >= 15 is 0 Å². The van der Waals surface area contributed by atoms with Crippen molar-refractivity contribution in [2.24, 2.45) is 11.7 Å². The average molecular weight is 262 g/mol. The van der Waals surface area contributed by atoms with Gasteiger partial charge in [-0.2, -0.15) is 0 Å². The maximum Gasteiger partial charge on any atom is 0.227 e. The number of amides is 1. The van der Waals surface area contributed by atoms with Gasteiger partial charge in [0, 0.05) is 12.0 Å².